The van der Waals surface area contributed by atoms with Gasteiger partial charge in [-0.25, -0.2) is 0 Å². The summed E-state index contributed by atoms with van der Waals surface area (Å²) in [4.78, 5) is 24.6. The molecule has 1 unspecified atom stereocenters. The number of ketones is 1. The van der Waals surface area contributed by atoms with E-state index in [-0.39, 0.29) is 5.78 Å². The van der Waals surface area contributed by atoms with Gasteiger partial charge >= 0.3 is 5.97 Å². The van der Waals surface area contributed by atoms with Crippen LogP contribution in [0.1, 0.15) is 39.0 Å². The Bertz CT molecular complexity index is 716. The second kappa shape index (κ2) is 4.86. The molecule has 1 atom stereocenters. The summed E-state index contributed by atoms with van der Waals surface area (Å²) in [6, 6.07) is 3.68. The fourth-order valence-corrected chi connectivity index (χ4v) is 4.25. The van der Waals surface area contributed by atoms with Crippen LogP contribution in [-0.4, -0.2) is 21.4 Å². The van der Waals surface area contributed by atoms with Gasteiger partial charge in [0.1, 0.15) is 0 Å². The second-order valence-corrected chi connectivity index (χ2v) is 6.63. The van der Waals surface area contributed by atoms with Crippen LogP contribution in [0.4, 0.5) is 0 Å². The normalized spacial score (nSPS) is 17.2. The highest BCUT2D eigenvalue weighted by molar-refractivity contribution is 9.10. The molecule has 0 aliphatic carbocycles. The first kappa shape index (κ1) is 13.6. The molecule has 4 nitrogen and oxygen atoms in total. The second-order valence-electron chi connectivity index (χ2n) is 4.86. The number of aliphatic carboxylic acids is 1. The molecule has 0 fully saturated rings. The van der Waals surface area contributed by atoms with Crippen molar-refractivity contribution in [1.29, 1.82) is 0 Å². The Labute approximate surface area is 128 Å². The van der Waals surface area contributed by atoms with Crippen LogP contribution >= 0.6 is 27.3 Å². The number of halogens is 1. The summed E-state index contributed by atoms with van der Waals surface area (Å²) >= 11 is 4.77. The van der Waals surface area contributed by atoms with Gasteiger partial charge in [-0.3, -0.25) is 9.59 Å². The maximum atomic E-state index is 12.7. The van der Waals surface area contributed by atoms with Crippen LogP contribution in [0.2, 0.25) is 0 Å². The molecule has 2 aromatic heterocycles. The molecule has 3 heterocycles. The predicted molar refractivity (Wildman–Crippen MR) is 79.6 cm³/mol. The average Bonchev–Trinajstić information content (AvgIpc) is 3.02. The van der Waals surface area contributed by atoms with Gasteiger partial charge in [-0.2, -0.15) is 0 Å². The number of hydrogen-bond donors (Lipinski definition) is 1. The molecule has 20 heavy (non-hydrogen) atoms. The van der Waals surface area contributed by atoms with Gasteiger partial charge in [0, 0.05) is 16.7 Å². The molecule has 3 rings (SSSR count). The Hall–Kier alpha value is -1.40. The van der Waals surface area contributed by atoms with Crippen LogP contribution in [0.15, 0.2) is 22.0 Å². The van der Waals surface area contributed by atoms with Gasteiger partial charge in [0.05, 0.1) is 16.5 Å². The Kier molecular flexibility index (Phi) is 3.30. The lowest BCUT2D eigenvalue weighted by atomic mass is 10.0. The van der Waals surface area contributed by atoms with Gasteiger partial charge in [0.15, 0.2) is 0 Å². The van der Waals surface area contributed by atoms with Crippen molar-refractivity contribution < 1.29 is 14.7 Å². The molecule has 1 aliphatic heterocycles. The smallest absolute Gasteiger partial charge is 0.312 e. The van der Waals surface area contributed by atoms with Gasteiger partial charge in [0.25, 0.3) is 0 Å². The van der Waals surface area contributed by atoms with Crippen LogP contribution < -0.4 is 0 Å². The molecule has 1 aliphatic rings. The quantitative estimate of drug-likeness (QED) is 0.860. The summed E-state index contributed by atoms with van der Waals surface area (Å²) in [7, 11) is 0. The zero-order valence-corrected chi connectivity index (χ0v) is 13.1. The van der Waals surface area contributed by atoms with Gasteiger partial charge < -0.3 is 9.67 Å². The zero-order chi connectivity index (χ0) is 14.4. The molecule has 6 heteroatoms. The Morgan fingerprint density at radius 1 is 1.50 bits per heavy atom. The van der Waals surface area contributed by atoms with Crippen molar-refractivity contribution in [2.45, 2.75) is 25.8 Å². The minimum absolute atomic E-state index is 0.0401. The Morgan fingerprint density at radius 2 is 2.25 bits per heavy atom. The van der Waals surface area contributed by atoms with E-state index >= 15 is 0 Å². The summed E-state index contributed by atoms with van der Waals surface area (Å²) in [6.07, 6.45) is 0.552. The number of aromatic nitrogens is 1. The SMILES string of the molecule is Cc1cc2n(c1C(=O)c1sccc1Br)CCC2C(=O)O. The van der Waals surface area contributed by atoms with E-state index in [1.54, 1.807) is 0 Å². The molecule has 0 bridgehead atoms. The maximum absolute atomic E-state index is 12.7. The molecular formula is C14H12BrNO3S. The van der Waals surface area contributed by atoms with E-state index in [4.69, 9.17) is 0 Å². The third-order valence-electron chi connectivity index (χ3n) is 3.65. The van der Waals surface area contributed by atoms with Crippen LogP contribution in [0.5, 0.6) is 0 Å². The number of hydrogen-bond acceptors (Lipinski definition) is 3. The van der Waals surface area contributed by atoms with Gasteiger partial charge in [0.2, 0.25) is 5.78 Å². The highest BCUT2D eigenvalue weighted by Gasteiger charge is 2.33. The fourth-order valence-electron chi connectivity index (χ4n) is 2.76. The number of aryl methyl sites for hydroxylation is 1. The Balaban J connectivity index is 2.09. The summed E-state index contributed by atoms with van der Waals surface area (Å²) in [5.74, 6) is -1.36. The minimum Gasteiger partial charge on any atom is -0.481 e. The van der Waals surface area contributed by atoms with Crippen molar-refractivity contribution in [3.8, 4) is 0 Å². The average molecular weight is 354 g/mol. The summed E-state index contributed by atoms with van der Waals surface area (Å²) < 4.78 is 2.65. The molecule has 0 saturated heterocycles. The highest BCUT2D eigenvalue weighted by atomic mass is 79.9. The molecule has 0 amide bonds. The van der Waals surface area contributed by atoms with E-state index in [0.717, 1.165) is 15.7 Å². The Morgan fingerprint density at radius 3 is 2.85 bits per heavy atom. The third kappa shape index (κ3) is 1.94. The van der Waals surface area contributed by atoms with E-state index in [1.807, 2.05) is 29.0 Å². The maximum Gasteiger partial charge on any atom is 0.312 e. The van der Waals surface area contributed by atoms with E-state index in [2.05, 4.69) is 15.9 Å². The fraction of sp³-hybridized carbons (Fsp3) is 0.286. The zero-order valence-electron chi connectivity index (χ0n) is 10.7. The van der Waals surface area contributed by atoms with Crippen LogP contribution in [0.25, 0.3) is 0 Å². The van der Waals surface area contributed by atoms with Crippen LogP contribution in [0.3, 0.4) is 0 Å². The minimum atomic E-state index is -0.822. The van der Waals surface area contributed by atoms with E-state index in [1.165, 1.54) is 11.3 Å². The first-order valence-corrected chi connectivity index (χ1v) is 7.88. The van der Waals surface area contributed by atoms with Crippen molar-refractivity contribution in [2.75, 3.05) is 0 Å². The van der Waals surface area contributed by atoms with Crippen molar-refractivity contribution in [1.82, 2.24) is 4.57 Å². The van der Waals surface area contributed by atoms with Crippen LogP contribution in [-0.2, 0) is 11.3 Å². The third-order valence-corrected chi connectivity index (χ3v) is 5.49. The van der Waals surface area contributed by atoms with Crippen molar-refractivity contribution in [3.63, 3.8) is 0 Å². The number of carbonyl (C=O) groups excluding carboxylic acids is 1. The number of rotatable bonds is 3. The van der Waals surface area contributed by atoms with E-state index in [0.29, 0.717) is 23.5 Å². The first-order chi connectivity index (χ1) is 9.50. The molecule has 0 spiro atoms. The molecule has 0 radical (unpaired) electrons. The summed E-state index contributed by atoms with van der Waals surface area (Å²) in [6.45, 7) is 2.45. The summed E-state index contributed by atoms with van der Waals surface area (Å²) in [5, 5.41) is 11.1. The number of thiophene rings is 1. The lowest BCUT2D eigenvalue weighted by Crippen LogP contribution is -2.10. The monoisotopic (exact) mass is 353 g/mol. The lowest BCUT2D eigenvalue weighted by Gasteiger charge is -2.06. The first-order valence-electron chi connectivity index (χ1n) is 6.21. The van der Waals surface area contributed by atoms with Crippen LogP contribution in [0, 0.1) is 6.92 Å². The van der Waals surface area contributed by atoms with Gasteiger partial charge in [-0.05, 0) is 52.4 Å². The number of carboxylic acids is 1. The van der Waals surface area contributed by atoms with Gasteiger partial charge in [-0.15, -0.1) is 11.3 Å². The molecule has 0 saturated carbocycles. The predicted octanol–water partition coefficient (Wildman–Crippen LogP) is 3.42. The highest BCUT2D eigenvalue weighted by Crippen LogP contribution is 2.35. The molecule has 1 N–H and O–H groups in total. The molecular weight excluding hydrogens is 342 g/mol. The van der Waals surface area contributed by atoms with Crippen molar-refractivity contribution in [3.05, 3.63) is 43.8 Å². The largest absolute Gasteiger partial charge is 0.481 e. The molecule has 104 valence electrons. The van der Waals surface area contributed by atoms with E-state index < -0.39 is 11.9 Å². The van der Waals surface area contributed by atoms with Crippen molar-refractivity contribution in [2.24, 2.45) is 0 Å². The number of carbonyl (C=O) groups is 2. The molecule has 2 aromatic rings. The number of nitrogens with zero attached hydrogens (tertiary/aromatic N) is 1. The van der Waals surface area contributed by atoms with Gasteiger partial charge in [-0.1, -0.05) is 0 Å². The number of carboxylic acid groups (broad SMARTS) is 1. The topological polar surface area (TPSA) is 59.3 Å². The van der Waals surface area contributed by atoms with Crippen molar-refractivity contribution >= 4 is 39.0 Å². The standard InChI is InChI=1S/C14H12BrNO3S/c1-7-6-10-8(14(18)19)2-4-16(10)11(7)12(17)13-9(15)3-5-20-13/h3,5-6,8H,2,4H2,1H3,(H,18,19). The summed E-state index contributed by atoms with van der Waals surface area (Å²) in [5.41, 5.74) is 2.20. The number of fused-ring (bicyclic) bond motifs is 1. The lowest BCUT2D eigenvalue weighted by molar-refractivity contribution is -0.138. The molecule has 0 aromatic carbocycles. The van der Waals surface area contributed by atoms with E-state index in [9.17, 15) is 14.7 Å².